The van der Waals surface area contributed by atoms with Crippen LogP contribution in [0.25, 0.3) is 0 Å². The van der Waals surface area contributed by atoms with Crippen LogP contribution in [0.15, 0.2) is 0 Å². The number of methoxy groups -OCH3 is 1. The highest BCUT2D eigenvalue weighted by atomic mass is 16.7. The van der Waals surface area contributed by atoms with Gasteiger partial charge in [0.2, 0.25) is 0 Å². The molecule has 1 aliphatic heterocycles. The largest absolute Gasteiger partial charge is 0.469 e. The topological polar surface area (TPSA) is 44.8 Å². The SMILES string of the molecule is COC(=O)CCC[C@H]1COC(C)(C)O1. The van der Waals surface area contributed by atoms with Crippen molar-refractivity contribution in [2.75, 3.05) is 13.7 Å². The fourth-order valence-electron chi connectivity index (χ4n) is 1.48. The first kappa shape index (κ1) is 11.5. The number of hydrogen-bond acceptors (Lipinski definition) is 4. The molecule has 0 unspecified atom stereocenters. The standard InChI is InChI=1S/C10H18O4/c1-10(2)13-7-8(14-10)5-4-6-9(11)12-3/h8H,4-7H2,1-3H3/t8-/m0/s1. The highest BCUT2D eigenvalue weighted by molar-refractivity contribution is 5.68. The van der Waals surface area contributed by atoms with Gasteiger partial charge in [-0.05, 0) is 26.7 Å². The summed E-state index contributed by atoms with van der Waals surface area (Å²) in [5.74, 6) is -0.626. The van der Waals surface area contributed by atoms with Crippen LogP contribution in [0.1, 0.15) is 33.1 Å². The lowest BCUT2D eigenvalue weighted by atomic mass is 10.1. The zero-order valence-electron chi connectivity index (χ0n) is 9.04. The summed E-state index contributed by atoms with van der Waals surface area (Å²) in [5, 5.41) is 0. The molecule has 1 saturated heterocycles. The molecule has 1 rings (SSSR count). The van der Waals surface area contributed by atoms with Gasteiger partial charge < -0.3 is 14.2 Å². The molecular formula is C10H18O4. The number of rotatable bonds is 4. The third-order valence-electron chi connectivity index (χ3n) is 2.20. The van der Waals surface area contributed by atoms with Crippen molar-refractivity contribution < 1.29 is 19.0 Å². The Morgan fingerprint density at radius 1 is 1.57 bits per heavy atom. The summed E-state index contributed by atoms with van der Waals surface area (Å²) < 4.78 is 15.5. The molecular weight excluding hydrogens is 184 g/mol. The summed E-state index contributed by atoms with van der Waals surface area (Å²) in [6, 6.07) is 0. The molecule has 1 atom stereocenters. The van der Waals surface area contributed by atoms with Crippen LogP contribution in [0, 0.1) is 0 Å². The van der Waals surface area contributed by atoms with Gasteiger partial charge in [0.05, 0.1) is 19.8 Å². The summed E-state index contributed by atoms with van der Waals surface area (Å²) in [6.07, 6.45) is 2.21. The third kappa shape index (κ3) is 3.64. The van der Waals surface area contributed by atoms with Crippen LogP contribution in [-0.2, 0) is 19.0 Å². The molecule has 0 N–H and O–H groups in total. The van der Waals surface area contributed by atoms with Crippen LogP contribution in [0.5, 0.6) is 0 Å². The second-order valence-electron chi connectivity index (χ2n) is 3.92. The Bertz CT molecular complexity index is 200. The quantitative estimate of drug-likeness (QED) is 0.648. The Kier molecular flexibility index (Phi) is 3.89. The molecule has 0 aromatic rings. The number of carbonyl (C=O) groups excluding carboxylic acids is 1. The molecule has 4 heteroatoms. The van der Waals surface area contributed by atoms with E-state index in [1.54, 1.807) is 0 Å². The third-order valence-corrected chi connectivity index (χ3v) is 2.20. The molecule has 0 radical (unpaired) electrons. The second kappa shape index (κ2) is 4.75. The second-order valence-corrected chi connectivity index (χ2v) is 3.92. The number of hydrogen-bond donors (Lipinski definition) is 0. The zero-order valence-corrected chi connectivity index (χ0v) is 9.04. The average molecular weight is 202 g/mol. The fraction of sp³-hybridized carbons (Fsp3) is 0.900. The maximum atomic E-state index is 10.8. The van der Waals surface area contributed by atoms with Crippen molar-refractivity contribution in [3.05, 3.63) is 0 Å². The van der Waals surface area contributed by atoms with Crippen molar-refractivity contribution >= 4 is 5.97 Å². The van der Waals surface area contributed by atoms with Crippen LogP contribution in [0.4, 0.5) is 0 Å². The first-order chi connectivity index (χ1) is 6.53. The molecule has 0 aromatic heterocycles. The molecule has 82 valence electrons. The van der Waals surface area contributed by atoms with Crippen LogP contribution in [-0.4, -0.2) is 31.6 Å². The normalized spacial score (nSPS) is 24.9. The molecule has 0 spiro atoms. The molecule has 0 saturated carbocycles. The molecule has 1 fully saturated rings. The van der Waals surface area contributed by atoms with E-state index in [2.05, 4.69) is 4.74 Å². The number of ether oxygens (including phenoxy) is 3. The summed E-state index contributed by atoms with van der Waals surface area (Å²) in [7, 11) is 1.40. The van der Waals surface area contributed by atoms with E-state index >= 15 is 0 Å². The van der Waals surface area contributed by atoms with E-state index in [9.17, 15) is 4.79 Å². The maximum Gasteiger partial charge on any atom is 0.305 e. The Labute approximate surface area is 84.5 Å². The lowest BCUT2D eigenvalue weighted by Crippen LogP contribution is -2.21. The van der Waals surface area contributed by atoms with Gasteiger partial charge in [0.15, 0.2) is 5.79 Å². The van der Waals surface area contributed by atoms with Gasteiger partial charge >= 0.3 is 5.97 Å². The molecule has 0 amide bonds. The van der Waals surface area contributed by atoms with Crippen LogP contribution < -0.4 is 0 Å². The van der Waals surface area contributed by atoms with Gasteiger partial charge in [-0.1, -0.05) is 0 Å². The summed E-state index contributed by atoms with van der Waals surface area (Å²) in [5.41, 5.74) is 0. The molecule has 4 nitrogen and oxygen atoms in total. The molecule has 0 bridgehead atoms. The Balaban J connectivity index is 2.12. The predicted octanol–water partition coefficient (Wildman–Crippen LogP) is 1.48. The van der Waals surface area contributed by atoms with Gasteiger partial charge in [0.1, 0.15) is 0 Å². The van der Waals surface area contributed by atoms with Crippen LogP contribution >= 0.6 is 0 Å². The minimum atomic E-state index is -0.462. The minimum absolute atomic E-state index is 0.120. The first-order valence-electron chi connectivity index (χ1n) is 4.92. The van der Waals surface area contributed by atoms with Gasteiger partial charge in [0, 0.05) is 6.42 Å². The van der Waals surface area contributed by atoms with E-state index in [0.29, 0.717) is 13.0 Å². The lowest BCUT2D eigenvalue weighted by Gasteiger charge is -2.16. The zero-order chi connectivity index (χ0) is 10.6. The molecule has 1 heterocycles. The summed E-state index contributed by atoms with van der Waals surface area (Å²) in [6.45, 7) is 4.41. The van der Waals surface area contributed by atoms with Gasteiger partial charge in [-0.3, -0.25) is 4.79 Å². The number of carbonyl (C=O) groups is 1. The maximum absolute atomic E-state index is 10.8. The van der Waals surface area contributed by atoms with Crippen molar-refractivity contribution in [3.8, 4) is 0 Å². The van der Waals surface area contributed by atoms with E-state index in [1.165, 1.54) is 7.11 Å². The van der Waals surface area contributed by atoms with Crippen molar-refractivity contribution in [1.82, 2.24) is 0 Å². The van der Waals surface area contributed by atoms with Crippen LogP contribution in [0.3, 0.4) is 0 Å². The number of esters is 1. The minimum Gasteiger partial charge on any atom is -0.469 e. The highest BCUT2D eigenvalue weighted by Crippen LogP contribution is 2.25. The van der Waals surface area contributed by atoms with Crippen molar-refractivity contribution in [3.63, 3.8) is 0 Å². The predicted molar refractivity (Wildman–Crippen MR) is 50.8 cm³/mol. The van der Waals surface area contributed by atoms with Gasteiger partial charge in [0.25, 0.3) is 0 Å². The van der Waals surface area contributed by atoms with E-state index in [1.807, 2.05) is 13.8 Å². The molecule has 0 aliphatic carbocycles. The monoisotopic (exact) mass is 202 g/mol. The van der Waals surface area contributed by atoms with Gasteiger partial charge in [-0.2, -0.15) is 0 Å². The van der Waals surface area contributed by atoms with Crippen molar-refractivity contribution in [2.45, 2.75) is 45.0 Å². The van der Waals surface area contributed by atoms with Crippen molar-refractivity contribution in [2.24, 2.45) is 0 Å². The molecule has 14 heavy (non-hydrogen) atoms. The van der Waals surface area contributed by atoms with Gasteiger partial charge in [-0.15, -0.1) is 0 Å². The first-order valence-corrected chi connectivity index (χ1v) is 4.92. The Hall–Kier alpha value is -0.610. The van der Waals surface area contributed by atoms with E-state index < -0.39 is 5.79 Å². The van der Waals surface area contributed by atoms with E-state index in [4.69, 9.17) is 9.47 Å². The molecule has 0 aromatic carbocycles. The van der Waals surface area contributed by atoms with Gasteiger partial charge in [-0.25, -0.2) is 0 Å². The fourth-order valence-corrected chi connectivity index (χ4v) is 1.48. The Morgan fingerprint density at radius 2 is 2.29 bits per heavy atom. The lowest BCUT2D eigenvalue weighted by molar-refractivity contribution is -0.142. The summed E-state index contributed by atoms with van der Waals surface area (Å²) in [4.78, 5) is 10.8. The highest BCUT2D eigenvalue weighted by Gasteiger charge is 2.32. The van der Waals surface area contributed by atoms with E-state index in [-0.39, 0.29) is 12.1 Å². The van der Waals surface area contributed by atoms with Crippen LogP contribution in [0.2, 0.25) is 0 Å². The summed E-state index contributed by atoms with van der Waals surface area (Å²) >= 11 is 0. The smallest absolute Gasteiger partial charge is 0.305 e. The van der Waals surface area contributed by atoms with E-state index in [0.717, 1.165) is 12.8 Å². The Morgan fingerprint density at radius 3 is 2.79 bits per heavy atom. The average Bonchev–Trinajstić information content (AvgIpc) is 2.45. The van der Waals surface area contributed by atoms with Crippen molar-refractivity contribution in [1.29, 1.82) is 0 Å². The molecule has 1 aliphatic rings.